The van der Waals surface area contributed by atoms with E-state index in [1.54, 1.807) is 0 Å². The van der Waals surface area contributed by atoms with Crippen LogP contribution in [0.2, 0.25) is 0 Å². The van der Waals surface area contributed by atoms with E-state index in [2.05, 4.69) is 15.4 Å². The zero-order valence-corrected chi connectivity index (χ0v) is 15.2. The molecule has 0 bridgehead atoms. The molecule has 8 heteroatoms. The second-order valence-corrected chi connectivity index (χ2v) is 6.74. The summed E-state index contributed by atoms with van der Waals surface area (Å²) in [6.45, 7) is 1.24. The van der Waals surface area contributed by atoms with E-state index in [-0.39, 0.29) is 12.5 Å². The monoisotopic (exact) mass is 372 g/mol. The second-order valence-electron chi connectivity index (χ2n) is 5.80. The predicted molar refractivity (Wildman–Crippen MR) is 101 cm³/mol. The third-order valence-electron chi connectivity index (χ3n) is 3.92. The van der Waals surface area contributed by atoms with Crippen molar-refractivity contribution in [2.45, 2.75) is 13.0 Å². The molecule has 0 aliphatic rings. The molecule has 0 fully saturated rings. The van der Waals surface area contributed by atoms with Crippen molar-refractivity contribution in [1.82, 2.24) is 15.0 Å². The minimum absolute atomic E-state index is 0.107. The smallest absolute Gasteiger partial charge is 0.375 e. The van der Waals surface area contributed by atoms with Gasteiger partial charge < -0.3 is 10.2 Å². The number of benzene rings is 1. The molecule has 0 atom stereocenters. The Morgan fingerprint density at radius 3 is 2.81 bits per heavy atom. The molecule has 0 radical (unpaired) electrons. The number of anilines is 1. The molecule has 2 aromatic heterocycles. The van der Waals surface area contributed by atoms with Gasteiger partial charge in [0.15, 0.2) is 5.82 Å². The van der Waals surface area contributed by atoms with E-state index in [4.69, 9.17) is 4.52 Å². The van der Waals surface area contributed by atoms with Crippen molar-refractivity contribution in [1.29, 1.82) is 0 Å². The molecule has 0 saturated heterocycles. The number of nitrogens with one attached hydrogen (secondary N) is 1. The van der Waals surface area contributed by atoms with Crippen LogP contribution in [0.5, 0.6) is 0 Å². The van der Waals surface area contributed by atoms with Crippen molar-refractivity contribution in [3.05, 3.63) is 58.4 Å². The van der Waals surface area contributed by atoms with Crippen molar-refractivity contribution in [2.24, 2.45) is 0 Å². The van der Waals surface area contributed by atoms with Gasteiger partial charge in [-0.2, -0.15) is 0 Å². The Bertz CT molecular complexity index is 887. The number of nitrogens with zero attached hydrogens (tertiary/aromatic N) is 3. The van der Waals surface area contributed by atoms with E-state index in [0.29, 0.717) is 12.4 Å². The zero-order valence-electron chi connectivity index (χ0n) is 14.4. The minimum Gasteiger partial charge on any atom is -0.375 e. The lowest BCUT2D eigenvalue weighted by Gasteiger charge is -2.19. The van der Waals surface area contributed by atoms with Gasteiger partial charge in [0.1, 0.15) is 6.54 Å². The summed E-state index contributed by atoms with van der Waals surface area (Å²) in [4.78, 5) is 26.9. The van der Waals surface area contributed by atoms with Crippen LogP contribution in [0.3, 0.4) is 0 Å². The Kier molecular flexibility index (Phi) is 5.85. The maximum atomic E-state index is 12.1. The Labute approximate surface area is 154 Å². The Morgan fingerprint density at radius 2 is 2.08 bits per heavy atom. The van der Waals surface area contributed by atoms with Crippen LogP contribution in [0.15, 0.2) is 57.2 Å². The zero-order chi connectivity index (χ0) is 18.4. The lowest BCUT2D eigenvalue weighted by molar-refractivity contribution is -0.121. The Morgan fingerprint density at radius 1 is 1.27 bits per heavy atom. The molecule has 3 rings (SSSR count). The first-order valence-electron chi connectivity index (χ1n) is 8.28. The van der Waals surface area contributed by atoms with Crippen LogP contribution in [-0.4, -0.2) is 35.8 Å². The highest BCUT2D eigenvalue weighted by molar-refractivity contribution is 7.13. The summed E-state index contributed by atoms with van der Waals surface area (Å²) in [6, 6.07) is 13.7. The molecule has 0 aliphatic heterocycles. The number of thiophene rings is 1. The lowest BCUT2D eigenvalue weighted by Crippen LogP contribution is -2.33. The van der Waals surface area contributed by atoms with Gasteiger partial charge >= 0.3 is 5.76 Å². The molecular formula is C18H20N4O3S. The second kappa shape index (κ2) is 8.48. The summed E-state index contributed by atoms with van der Waals surface area (Å²) in [5, 5.41) is 8.48. The van der Waals surface area contributed by atoms with Gasteiger partial charge in [0, 0.05) is 25.8 Å². The van der Waals surface area contributed by atoms with Crippen LogP contribution in [0, 0.1) is 0 Å². The van der Waals surface area contributed by atoms with Gasteiger partial charge in [-0.15, -0.1) is 11.3 Å². The maximum absolute atomic E-state index is 12.1. The highest BCUT2D eigenvalue weighted by atomic mass is 32.1. The van der Waals surface area contributed by atoms with Crippen molar-refractivity contribution < 1.29 is 9.32 Å². The van der Waals surface area contributed by atoms with E-state index in [1.165, 1.54) is 15.9 Å². The van der Waals surface area contributed by atoms with Crippen molar-refractivity contribution >= 4 is 22.9 Å². The van der Waals surface area contributed by atoms with Crippen molar-refractivity contribution in [3.8, 4) is 10.7 Å². The SMILES string of the molecule is CN(CCCNC(=O)Cn1c(-c2cccs2)noc1=O)c1ccccc1. The van der Waals surface area contributed by atoms with Gasteiger partial charge in [-0.05, 0) is 30.0 Å². The topological polar surface area (TPSA) is 80.4 Å². The largest absolute Gasteiger partial charge is 0.442 e. The fraction of sp³-hybridized carbons (Fsp3) is 0.278. The van der Waals surface area contributed by atoms with Crippen molar-refractivity contribution in [3.63, 3.8) is 0 Å². The van der Waals surface area contributed by atoms with Gasteiger partial charge in [-0.3, -0.25) is 9.32 Å². The van der Waals surface area contributed by atoms with Crippen LogP contribution in [0.25, 0.3) is 10.7 Å². The molecule has 7 nitrogen and oxygen atoms in total. The summed E-state index contributed by atoms with van der Waals surface area (Å²) >= 11 is 1.43. The molecule has 2 heterocycles. The van der Waals surface area contributed by atoms with Gasteiger partial charge in [0.05, 0.1) is 4.88 Å². The summed E-state index contributed by atoms with van der Waals surface area (Å²) < 4.78 is 5.95. The standard InChI is InChI=1S/C18H20N4O3S/c1-21(14-7-3-2-4-8-14)11-6-10-19-16(23)13-22-17(20-25-18(22)24)15-9-5-12-26-15/h2-5,7-9,12H,6,10-11,13H2,1H3,(H,19,23). The first-order chi connectivity index (χ1) is 12.6. The fourth-order valence-electron chi connectivity index (χ4n) is 2.55. The number of carbonyl (C=O) groups excluding carboxylic acids is 1. The average molecular weight is 372 g/mol. The first kappa shape index (κ1) is 17.9. The van der Waals surface area contributed by atoms with Crippen LogP contribution in [0.4, 0.5) is 5.69 Å². The van der Waals surface area contributed by atoms with E-state index in [0.717, 1.165) is 23.5 Å². The third-order valence-corrected chi connectivity index (χ3v) is 4.78. The summed E-state index contributed by atoms with van der Waals surface area (Å²) in [5.74, 6) is -0.494. The highest BCUT2D eigenvalue weighted by Crippen LogP contribution is 2.21. The number of amides is 1. The molecule has 1 amide bonds. The molecule has 0 saturated carbocycles. The highest BCUT2D eigenvalue weighted by Gasteiger charge is 2.16. The normalized spacial score (nSPS) is 10.7. The molecule has 0 aliphatic carbocycles. The summed E-state index contributed by atoms with van der Waals surface area (Å²) in [7, 11) is 2.02. The van der Waals surface area contributed by atoms with E-state index in [1.807, 2.05) is 54.9 Å². The maximum Gasteiger partial charge on any atom is 0.442 e. The number of para-hydroxylation sites is 1. The molecule has 136 valence electrons. The number of rotatable bonds is 8. The Hall–Kier alpha value is -2.87. The minimum atomic E-state index is -0.632. The lowest BCUT2D eigenvalue weighted by atomic mass is 10.3. The molecule has 1 N–H and O–H groups in total. The van der Waals surface area contributed by atoms with Gasteiger partial charge in [-0.1, -0.05) is 29.4 Å². The van der Waals surface area contributed by atoms with Crippen LogP contribution in [-0.2, 0) is 11.3 Å². The van der Waals surface area contributed by atoms with Gasteiger partial charge in [0.2, 0.25) is 5.91 Å². The predicted octanol–water partition coefficient (Wildman–Crippen LogP) is 2.21. The number of hydrogen-bond acceptors (Lipinski definition) is 6. The number of carbonyl (C=O) groups is 1. The third kappa shape index (κ3) is 4.40. The van der Waals surface area contributed by atoms with Crippen LogP contribution in [0.1, 0.15) is 6.42 Å². The summed E-state index contributed by atoms with van der Waals surface area (Å²) in [6.07, 6.45) is 0.799. The molecule has 3 aromatic rings. The van der Waals surface area contributed by atoms with Gasteiger partial charge in [-0.25, -0.2) is 9.36 Å². The molecule has 0 unspecified atom stereocenters. The van der Waals surface area contributed by atoms with E-state index in [9.17, 15) is 9.59 Å². The molecule has 1 aromatic carbocycles. The number of hydrogen-bond donors (Lipinski definition) is 1. The average Bonchev–Trinajstić information content (AvgIpc) is 3.30. The Balaban J connectivity index is 1.48. The van der Waals surface area contributed by atoms with Crippen LogP contribution >= 0.6 is 11.3 Å². The molecular weight excluding hydrogens is 352 g/mol. The summed E-state index contributed by atoms with van der Waals surface area (Å²) in [5.41, 5.74) is 1.13. The first-order valence-corrected chi connectivity index (χ1v) is 9.16. The van der Waals surface area contributed by atoms with Crippen LogP contribution < -0.4 is 16.0 Å². The fourth-order valence-corrected chi connectivity index (χ4v) is 3.26. The number of aromatic nitrogens is 2. The van der Waals surface area contributed by atoms with E-state index < -0.39 is 5.76 Å². The molecule has 0 spiro atoms. The van der Waals surface area contributed by atoms with Gasteiger partial charge in [0.25, 0.3) is 0 Å². The van der Waals surface area contributed by atoms with Crippen molar-refractivity contribution in [2.75, 3.05) is 25.0 Å². The van der Waals surface area contributed by atoms with E-state index >= 15 is 0 Å². The molecule has 26 heavy (non-hydrogen) atoms. The quantitative estimate of drug-likeness (QED) is 0.613.